The van der Waals surface area contributed by atoms with Crippen molar-refractivity contribution < 1.29 is 9.59 Å². The number of nitrogens with zero attached hydrogens (tertiary/aromatic N) is 1. The molecule has 2 aliphatic heterocycles. The molecule has 5 heteroatoms. The van der Waals surface area contributed by atoms with Gasteiger partial charge in [-0.3, -0.25) is 9.59 Å². The van der Waals surface area contributed by atoms with Gasteiger partial charge < -0.3 is 10.2 Å². The maximum Gasteiger partial charge on any atom is 0.249 e. The van der Waals surface area contributed by atoms with Crippen molar-refractivity contribution in [3.63, 3.8) is 0 Å². The molecule has 2 unspecified atom stereocenters. The Morgan fingerprint density at radius 1 is 1.32 bits per heavy atom. The number of rotatable bonds is 2. The fourth-order valence-electron chi connectivity index (χ4n) is 3.55. The Hall–Kier alpha value is -0.710. The lowest BCUT2D eigenvalue weighted by Gasteiger charge is -2.44. The third-order valence-electron chi connectivity index (χ3n) is 4.76. The molecular weight excluding hydrogens is 260 g/mol. The molecule has 2 atom stereocenters. The molecule has 0 aromatic carbocycles. The first-order valence-corrected chi connectivity index (χ1v) is 8.42. The summed E-state index contributed by atoms with van der Waals surface area (Å²) in [6.07, 6.45) is 6.15. The Kier molecular flexibility index (Phi) is 3.50. The minimum absolute atomic E-state index is 0.0319. The molecule has 2 heterocycles. The van der Waals surface area contributed by atoms with E-state index in [1.165, 1.54) is 18.6 Å². The van der Waals surface area contributed by atoms with Crippen molar-refractivity contribution in [3.8, 4) is 0 Å². The lowest BCUT2D eigenvalue weighted by atomic mass is 9.91. The van der Waals surface area contributed by atoms with E-state index in [0.29, 0.717) is 5.25 Å². The summed E-state index contributed by atoms with van der Waals surface area (Å²) in [7, 11) is 0. The fourth-order valence-corrected chi connectivity index (χ4v) is 4.82. The molecule has 2 amide bonds. The molecule has 0 aromatic heterocycles. The fraction of sp³-hybridized carbons (Fsp3) is 0.857. The van der Waals surface area contributed by atoms with Gasteiger partial charge in [0.25, 0.3) is 0 Å². The zero-order chi connectivity index (χ0) is 13.5. The highest BCUT2D eigenvalue weighted by atomic mass is 32.2. The predicted molar refractivity (Wildman–Crippen MR) is 76.0 cm³/mol. The van der Waals surface area contributed by atoms with Crippen LogP contribution in [0.25, 0.3) is 0 Å². The summed E-state index contributed by atoms with van der Waals surface area (Å²) in [6.45, 7) is 2.61. The van der Waals surface area contributed by atoms with Gasteiger partial charge in [-0.1, -0.05) is 12.8 Å². The van der Waals surface area contributed by atoms with E-state index < -0.39 is 5.54 Å². The van der Waals surface area contributed by atoms with Gasteiger partial charge in [0.1, 0.15) is 11.6 Å². The standard InChI is InChI=1S/C14H22N2O2S/c1-10-12(17)15-14(6-2-3-7-14)13(18)16(10)9-11-5-4-8-19-11/h10-11H,2-9H2,1H3,(H,15,17). The molecule has 1 aliphatic carbocycles. The first-order valence-electron chi connectivity index (χ1n) is 7.37. The van der Waals surface area contributed by atoms with Crippen molar-refractivity contribution in [2.24, 2.45) is 0 Å². The first-order chi connectivity index (χ1) is 9.12. The van der Waals surface area contributed by atoms with E-state index >= 15 is 0 Å². The topological polar surface area (TPSA) is 49.4 Å². The highest BCUT2D eigenvalue weighted by Gasteiger charge is 2.51. The SMILES string of the molecule is CC1C(=O)NC2(CCCC2)C(=O)N1CC1CCCS1. The maximum atomic E-state index is 12.8. The van der Waals surface area contributed by atoms with E-state index in [4.69, 9.17) is 0 Å². The van der Waals surface area contributed by atoms with Crippen LogP contribution in [0, 0.1) is 0 Å². The Morgan fingerprint density at radius 2 is 2.05 bits per heavy atom. The maximum absolute atomic E-state index is 12.8. The number of hydrogen-bond acceptors (Lipinski definition) is 3. The molecule has 1 spiro atoms. The summed E-state index contributed by atoms with van der Waals surface area (Å²) >= 11 is 1.95. The zero-order valence-electron chi connectivity index (χ0n) is 11.5. The lowest BCUT2D eigenvalue weighted by molar-refractivity contribution is -0.154. The van der Waals surface area contributed by atoms with Crippen molar-refractivity contribution >= 4 is 23.6 Å². The molecule has 3 rings (SSSR count). The van der Waals surface area contributed by atoms with Crippen LogP contribution in [0.4, 0.5) is 0 Å². The van der Waals surface area contributed by atoms with Crippen LogP contribution in [-0.4, -0.2) is 45.8 Å². The van der Waals surface area contributed by atoms with Gasteiger partial charge in [0.05, 0.1) is 0 Å². The number of nitrogens with one attached hydrogen (secondary N) is 1. The minimum atomic E-state index is -0.563. The monoisotopic (exact) mass is 282 g/mol. The average Bonchev–Trinajstić information content (AvgIpc) is 3.04. The third kappa shape index (κ3) is 2.26. The smallest absolute Gasteiger partial charge is 0.249 e. The van der Waals surface area contributed by atoms with Crippen LogP contribution >= 0.6 is 11.8 Å². The van der Waals surface area contributed by atoms with E-state index in [1.807, 2.05) is 23.6 Å². The summed E-state index contributed by atoms with van der Waals surface area (Å²) < 4.78 is 0. The second-order valence-corrected chi connectivity index (χ2v) is 7.46. The summed E-state index contributed by atoms with van der Waals surface area (Å²) in [5.41, 5.74) is -0.563. The van der Waals surface area contributed by atoms with Crippen LogP contribution in [0.3, 0.4) is 0 Å². The number of thioether (sulfide) groups is 1. The average molecular weight is 282 g/mol. The Labute approximate surface area is 118 Å². The molecule has 106 valence electrons. The summed E-state index contributed by atoms with van der Waals surface area (Å²) in [6, 6.07) is -0.306. The quantitative estimate of drug-likeness (QED) is 0.836. The normalized spacial score (nSPS) is 34.1. The molecule has 19 heavy (non-hydrogen) atoms. The molecule has 3 aliphatic rings. The van der Waals surface area contributed by atoms with E-state index in [0.717, 1.165) is 32.2 Å². The molecule has 4 nitrogen and oxygen atoms in total. The van der Waals surface area contributed by atoms with E-state index in [2.05, 4.69) is 5.32 Å². The molecule has 2 saturated heterocycles. The lowest BCUT2D eigenvalue weighted by Crippen LogP contribution is -2.69. The Bertz CT molecular complexity index is 387. The molecular formula is C14H22N2O2S. The minimum Gasteiger partial charge on any atom is -0.340 e. The first kappa shape index (κ1) is 13.3. The van der Waals surface area contributed by atoms with Gasteiger partial charge in [-0.15, -0.1) is 0 Å². The second kappa shape index (κ2) is 5.00. The second-order valence-electron chi connectivity index (χ2n) is 6.05. The third-order valence-corrected chi connectivity index (χ3v) is 6.14. The summed E-state index contributed by atoms with van der Waals surface area (Å²) in [5.74, 6) is 1.40. The summed E-state index contributed by atoms with van der Waals surface area (Å²) in [5, 5.41) is 3.53. The van der Waals surface area contributed by atoms with Crippen LogP contribution in [0.1, 0.15) is 45.4 Å². The van der Waals surface area contributed by atoms with Gasteiger partial charge in [-0.05, 0) is 38.4 Å². The van der Waals surface area contributed by atoms with Crippen LogP contribution in [0.15, 0.2) is 0 Å². The van der Waals surface area contributed by atoms with Gasteiger partial charge in [-0.2, -0.15) is 11.8 Å². The largest absolute Gasteiger partial charge is 0.340 e. The van der Waals surface area contributed by atoms with Crippen molar-refractivity contribution in [1.29, 1.82) is 0 Å². The van der Waals surface area contributed by atoms with Crippen molar-refractivity contribution in [2.75, 3.05) is 12.3 Å². The number of carbonyl (C=O) groups excluding carboxylic acids is 2. The van der Waals surface area contributed by atoms with Crippen LogP contribution in [-0.2, 0) is 9.59 Å². The van der Waals surface area contributed by atoms with Gasteiger partial charge in [0.15, 0.2) is 0 Å². The van der Waals surface area contributed by atoms with E-state index in [1.54, 1.807) is 0 Å². The van der Waals surface area contributed by atoms with Crippen LogP contribution < -0.4 is 5.32 Å². The van der Waals surface area contributed by atoms with Gasteiger partial charge in [0.2, 0.25) is 11.8 Å². The molecule has 1 N–H and O–H groups in total. The molecule has 0 bridgehead atoms. The Morgan fingerprint density at radius 3 is 2.68 bits per heavy atom. The van der Waals surface area contributed by atoms with Gasteiger partial charge in [0, 0.05) is 11.8 Å². The predicted octanol–water partition coefficient (Wildman–Crippen LogP) is 1.54. The van der Waals surface area contributed by atoms with Gasteiger partial charge in [-0.25, -0.2) is 0 Å². The molecule has 0 aromatic rings. The van der Waals surface area contributed by atoms with Crippen LogP contribution in [0.5, 0.6) is 0 Å². The number of piperazine rings is 1. The highest BCUT2D eigenvalue weighted by Crippen LogP contribution is 2.36. The van der Waals surface area contributed by atoms with Gasteiger partial charge >= 0.3 is 0 Å². The number of hydrogen-bond donors (Lipinski definition) is 1. The molecule has 0 radical (unpaired) electrons. The van der Waals surface area contributed by atoms with E-state index in [-0.39, 0.29) is 17.9 Å². The number of amides is 2. The zero-order valence-corrected chi connectivity index (χ0v) is 12.3. The Balaban J connectivity index is 1.79. The van der Waals surface area contributed by atoms with Crippen molar-refractivity contribution in [3.05, 3.63) is 0 Å². The number of carbonyl (C=O) groups is 2. The molecule has 1 saturated carbocycles. The van der Waals surface area contributed by atoms with E-state index in [9.17, 15) is 9.59 Å². The van der Waals surface area contributed by atoms with Crippen molar-refractivity contribution in [1.82, 2.24) is 10.2 Å². The summed E-state index contributed by atoms with van der Waals surface area (Å²) in [4.78, 5) is 26.8. The highest BCUT2D eigenvalue weighted by molar-refractivity contribution is 8.00. The molecule has 3 fully saturated rings. The van der Waals surface area contributed by atoms with Crippen molar-refractivity contribution in [2.45, 2.75) is 62.3 Å². The van der Waals surface area contributed by atoms with Crippen LogP contribution in [0.2, 0.25) is 0 Å².